The number of hydrogen-bond donors (Lipinski definition) is 2. The van der Waals surface area contributed by atoms with Crippen molar-refractivity contribution in [2.45, 2.75) is 58.5 Å². The fourth-order valence-corrected chi connectivity index (χ4v) is 2.36. The highest BCUT2D eigenvalue weighted by Crippen LogP contribution is 2.26. The van der Waals surface area contributed by atoms with E-state index in [0.717, 1.165) is 25.7 Å². The first-order valence-electron chi connectivity index (χ1n) is 6.54. The van der Waals surface area contributed by atoms with Gasteiger partial charge in [-0.2, -0.15) is 0 Å². The van der Waals surface area contributed by atoms with Gasteiger partial charge in [-0.1, -0.05) is 26.7 Å². The van der Waals surface area contributed by atoms with Crippen molar-refractivity contribution in [2.75, 3.05) is 6.54 Å². The molecule has 0 aromatic rings. The molecule has 0 saturated heterocycles. The molecule has 0 aromatic heterocycles. The van der Waals surface area contributed by atoms with Crippen LogP contribution in [0.25, 0.3) is 0 Å². The molecule has 2 atom stereocenters. The van der Waals surface area contributed by atoms with Crippen LogP contribution < -0.4 is 5.32 Å². The fourth-order valence-electron chi connectivity index (χ4n) is 2.36. The molecular formula is C13H25NO2. The van der Waals surface area contributed by atoms with Gasteiger partial charge in [0.15, 0.2) is 0 Å². The van der Waals surface area contributed by atoms with Crippen molar-refractivity contribution in [3.63, 3.8) is 0 Å². The lowest BCUT2D eigenvalue weighted by molar-refractivity contribution is -0.121. The molecule has 3 heteroatoms. The van der Waals surface area contributed by atoms with Crippen LogP contribution in [0.4, 0.5) is 0 Å². The average Bonchev–Trinajstić information content (AvgIpc) is 2.19. The van der Waals surface area contributed by atoms with Crippen LogP contribution in [0.5, 0.6) is 0 Å². The second-order valence-electron chi connectivity index (χ2n) is 5.35. The fraction of sp³-hybridized carbons (Fsp3) is 0.923. The molecule has 94 valence electrons. The second-order valence-corrected chi connectivity index (χ2v) is 5.35. The highest BCUT2D eigenvalue weighted by Gasteiger charge is 2.22. The van der Waals surface area contributed by atoms with Crippen molar-refractivity contribution in [1.29, 1.82) is 0 Å². The van der Waals surface area contributed by atoms with Crippen LogP contribution in [-0.2, 0) is 4.79 Å². The summed E-state index contributed by atoms with van der Waals surface area (Å²) >= 11 is 0. The van der Waals surface area contributed by atoms with Crippen LogP contribution in [0.15, 0.2) is 0 Å². The molecule has 1 fully saturated rings. The standard InChI is InChI=1S/C13H25NO2/c1-10(2)9-13(16)14-8-7-11-5-3-4-6-12(11)15/h10-12,15H,3-9H2,1-2H3,(H,14,16). The predicted molar refractivity (Wildman–Crippen MR) is 65.0 cm³/mol. The van der Waals surface area contributed by atoms with E-state index < -0.39 is 0 Å². The number of carbonyl (C=O) groups is 1. The lowest BCUT2D eigenvalue weighted by atomic mass is 9.84. The first kappa shape index (κ1) is 13.5. The number of aliphatic hydroxyl groups is 1. The van der Waals surface area contributed by atoms with Gasteiger partial charge in [-0.3, -0.25) is 4.79 Å². The van der Waals surface area contributed by atoms with Crippen molar-refractivity contribution in [3.05, 3.63) is 0 Å². The van der Waals surface area contributed by atoms with Crippen LogP contribution in [0.2, 0.25) is 0 Å². The Hall–Kier alpha value is -0.570. The molecule has 1 rings (SSSR count). The Morgan fingerprint density at radius 1 is 1.38 bits per heavy atom. The van der Waals surface area contributed by atoms with E-state index in [1.54, 1.807) is 0 Å². The molecular weight excluding hydrogens is 202 g/mol. The maximum Gasteiger partial charge on any atom is 0.220 e. The molecule has 0 heterocycles. The van der Waals surface area contributed by atoms with Gasteiger partial charge in [-0.25, -0.2) is 0 Å². The molecule has 0 aromatic carbocycles. The van der Waals surface area contributed by atoms with E-state index >= 15 is 0 Å². The monoisotopic (exact) mass is 227 g/mol. The van der Waals surface area contributed by atoms with Gasteiger partial charge in [0.2, 0.25) is 5.91 Å². The van der Waals surface area contributed by atoms with Gasteiger partial charge in [0.05, 0.1) is 6.10 Å². The topological polar surface area (TPSA) is 49.3 Å². The second kappa shape index (κ2) is 6.89. The molecule has 16 heavy (non-hydrogen) atoms. The quantitative estimate of drug-likeness (QED) is 0.755. The third-order valence-corrected chi connectivity index (χ3v) is 3.30. The average molecular weight is 227 g/mol. The van der Waals surface area contributed by atoms with E-state index in [0.29, 0.717) is 24.8 Å². The Bertz CT molecular complexity index is 216. The van der Waals surface area contributed by atoms with Gasteiger partial charge in [-0.05, 0) is 31.1 Å². The van der Waals surface area contributed by atoms with Crippen LogP contribution in [-0.4, -0.2) is 23.7 Å². The molecule has 0 aliphatic heterocycles. The van der Waals surface area contributed by atoms with Crippen LogP contribution in [0.1, 0.15) is 52.4 Å². The van der Waals surface area contributed by atoms with Gasteiger partial charge >= 0.3 is 0 Å². The van der Waals surface area contributed by atoms with Gasteiger partial charge < -0.3 is 10.4 Å². The van der Waals surface area contributed by atoms with Crippen molar-refractivity contribution in [2.24, 2.45) is 11.8 Å². The van der Waals surface area contributed by atoms with Gasteiger partial charge in [0.1, 0.15) is 0 Å². The number of nitrogens with one attached hydrogen (secondary N) is 1. The van der Waals surface area contributed by atoms with E-state index in [9.17, 15) is 9.90 Å². The molecule has 1 amide bonds. The summed E-state index contributed by atoms with van der Waals surface area (Å²) in [5.74, 6) is 0.952. The van der Waals surface area contributed by atoms with E-state index in [1.165, 1.54) is 6.42 Å². The maximum atomic E-state index is 11.4. The van der Waals surface area contributed by atoms with Crippen LogP contribution in [0, 0.1) is 11.8 Å². The lowest BCUT2D eigenvalue weighted by Crippen LogP contribution is -2.31. The first-order valence-corrected chi connectivity index (χ1v) is 6.54. The third-order valence-electron chi connectivity index (χ3n) is 3.30. The number of rotatable bonds is 5. The van der Waals surface area contributed by atoms with E-state index in [1.807, 2.05) is 13.8 Å². The molecule has 1 aliphatic carbocycles. The predicted octanol–water partition coefficient (Wildman–Crippen LogP) is 2.09. The summed E-state index contributed by atoms with van der Waals surface area (Å²) in [5.41, 5.74) is 0. The van der Waals surface area contributed by atoms with Gasteiger partial charge in [-0.15, -0.1) is 0 Å². The summed E-state index contributed by atoms with van der Waals surface area (Å²) in [5, 5.41) is 12.7. The van der Waals surface area contributed by atoms with Crippen molar-refractivity contribution in [3.8, 4) is 0 Å². The Balaban J connectivity index is 2.12. The number of aliphatic hydroxyl groups excluding tert-OH is 1. The molecule has 1 saturated carbocycles. The van der Waals surface area contributed by atoms with Gasteiger partial charge in [0, 0.05) is 13.0 Å². The van der Waals surface area contributed by atoms with Crippen LogP contribution >= 0.6 is 0 Å². The zero-order chi connectivity index (χ0) is 12.0. The SMILES string of the molecule is CC(C)CC(=O)NCCC1CCCCC1O. The van der Waals surface area contributed by atoms with E-state index in [4.69, 9.17) is 0 Å². The summed E-state index contributed by atoms with van der Waals surface area (Å²) in [7, 11) is 0. The van der Waals surface area contributed by atoms with Crippen molar-refractivity contribution < 1.29 is 9.90 Å². The number of carbonyl (C=O) groups excluding carboxylic acids is 1. The number of hydrogen-bond acceptors (Lipinski definition) is 2. The minimum absolute atomic E-state index is 0.139. The number of amides is 1. The zero-order valence-corrected chi connectivity index (χ0v) is 10.5. The molecule has 3 nitrogen and oxygen atoms in total. The largest absolute Gasteiger partial charge is 0.393 e. The van der Waals surface area contributed by atoms with Gasteiger partial charge in [0.25, 0.3) is 0 Å². The third kappa shape index (κ3) is 4.97. The first-order chi connectivity index (χ1) is 7.59. The summed E-state index contributed by atoms with van der Waals surface area (Å²) in [6.45, 7) is 4.81. The smallest absolute Gasteiger partial charge is 0.220 e. The summed E-state index contributed by atoms with van der Waals surface area (Å²) in [6, 6.07) is 0. The Kier molecular flexibility index (Phi) is 5.81. The van der Waals surface area contributed by atoms with E-state index in [-0.39, 0.29) is 12.0 Å². The molecule has 1 aliphatic rings. The molecule has 0 radical (unpaired) electrons. The molecule has 2 N–H and O–H groups in total. The van der Waals surface area contributed by atoms with Crippen LogP contribution in [0.3, 0.4) is 0 Å². The van der Waals surface area contributed by atoms with Crippen molar-refractivity contribution in [1.82, 2.24) is 5.32 Å². The Labute approximate surface area is 98.6 Å². The molecule has 0 bridgehead atoms. The Morgan fingerprint density at radius 2 is 2.06 bits per heavy atom. The summed E-state index contributed by atoms with van der Waals surface area (Å²) in [4.78, 5) is 11.4. The Morgan fingerprint density at radius 3 is 2.69 bits per heavy atom. The highest BCUT2D eigenvalue weighted by atomic mass is 16.3. The van der Waals surface area contributed by atoms with E-state index in [2.05, 4.69) is 5.32 Å². The summed E-state index contributed by atoms with van der Waals surface area (Å²) < 4.78 is 0. The van der Waals surface area contributed by atoms with Crippen molar-refractivity contribution >= 4 is 5.91 Å². The zero-order valence-electron chi connectivity index (χ0n) is 10.5. The minimum Gasteiger partial charge on any atom is -0.393 e. The lowest BCUT2D eigenvalue weighted by Gasteiger charge is -2.27. The molecule has 2 unspecified atom stereocenters. The minimum atomic E-state index is -0.143. The summed E-state index contributed by atoms with van der Waals surface area (Å²) in [6.07, 6.45) is 5.80. The molecule has 0 spiro atoms. The maximum absolute atomic E-state index is 11.4. The normalized spacial score (nSPS) is 25.8. The highest BCUT2D eigenvalue weighted by molar-refractivity contribution is 5.75.